The third-order valence-electron chi connectivity index (χ3n) is 9.67. The Morgan fingerprint density at radius 2 is 1.89 bits per heavy atom. The van der Waals surface area contributed by atoms with Crippen LogP contribution in [0.2, 0.25) is 5.02 Å². The third-order valence-corrected chi connectivity index (χ3v) is 9.92. The van der Waals surface area contributed by atoms with Gasteiger partial charge in [-0.1, -0.05) is 48.1 Å². The number of nitrogens with zero attached hydrogens (tertiary/aromatic N) is 2. The highest BCUT2D eigenvalue weighted by Gasteiger charge is 2.33. The minimum atomic E-state index is -0.609. The number of allylic oxidation sites excluding steroid dienone is 2. The van der Waals surface area contributed by atoms with Crippen molar-refractivity contribution in [1.29, 1.82) is 0 Å². The number of likely N-dealkylation sites (tertiary alicyclic amines) is 1. The molecule has 0 saturated carbocycles. The quantitative estimate of drug-likeness (QED) is 0.245. The van der Waals surface area contributed by atoms with Crippen LogP contribution in [-0.4, -0.2) is 60.6 Å². The van der Waals surface area contributed by atoms with Crippen LogP contribution in [0.1, 0.15) is 91.8 Å². The zero-order valence-electron chi connectivity index (χ0n) is 26.0. The predicted octanol–water partition coefficient (Wildman–Crippen LogP) is 6.51. The van der Waals surface area contributed by atoms with E-state index in [0.717, 1.165) is 60.7 Å². The van der Waals surface area contributed by atoms with Gasteiger partial charge in [-0.3, -0.25) is 9.59 Å². The molecule has 0 radical (unpaired) electrons. The van der Waals surface area contributed by atoms with E-state index in [-0.39, 0.29) is 18.2 Å². The molecular weight excluding hydrogens is 570 g/mol. The Balaban J connectivity index is 1.08. The van der Waals surface area contributed by atoms with Gasteiger partial charge >= 0.3 is 0 Å². The first-order chi connectivity index (χ1) is 21.4. The highest BCUT2D eigenvalue weighted by Crippen LogP contribution is 2.38. The second-order valence-electron chi connectivity index (χ2n) is 12.5. The van der Waals surface area contributed by atoms with Crippen molar-refractivity contribution in [2.45, 2.75) is 77.3 Å². The number of hydrogen-bond donors (Lipinski definition) is 1. The number of halogens is 1. The molecule has 1 N–H and O–H groups in total. The molecule has 2 aromatic rings. The van der Waals surface area contributed by atoms with Gasteiger partial charge in [-0.05, 0) is 117 Å². The van der Waals surface area contributed by atoms with Crippen LogP contribution >= 0.6 is 11.6 Å². The highest BCUT2D eigenvalue weighted by atomic mass is 35.5. The van der Waals surface area contributed by atoms with Gasteiger partial charge in [0.05, 0.1) is 6.04 Å². The number of amides is 2. The molecule has 2 aliphatic heterocycles. The average molecular weight is 614 g/mol. The first-order valence-corrected chi connectivity index (χ1v) is 16.5. The Hall–Kier alpha value is -3.40. The Bertz CT molecular complexity index is 1450. The molecule has 0 bridgehead atoms. The molecule has 1 aliphatic carbocycles. The third kappa shape index (κ3) is 7.81. The number of aldehydes is 1. The molecule has 2 heterocycles. The van der Waals surface area contributed by atoms with Crippen LogP contribution < -0.4 is 5.32 Å². The molecule has 3 aliphatic rings. The summed E-state index contributed by atoms with van der Waals surface area (Å²) in [7, 11) is 1.57. The Morgan fingerprint density at radius 3 is 2.59 bits per heavy atom. The molecule has 6 nitrogen and oxygen atoms in total. The minimum absolute atomic E-state index is 0.138. The van der Waals surface area contributed by atoms with Crippen LogP contribution in [-0.2, 0) is 16.1 Å². The number of carbonyl (C=O) groups excluding carboxylic acids is 3. The van der Waals surface area contributed by atoms with Crippen LogP contribution in [0, 0.1) is 23.7 Å². The van der Waals surface area contributed by atoms with E-state index in [4.69, 9.17) is 11.6 Å². The zero-order chi connectivity index (χ0) is 31.1. The van der Waals surface area contributed by atoms with Gasteiger partial charge < -0.3 is 19.9 Å². The van der Waals surface area contributed by atoms with E-state index in [1.54, 1.807) is 17.5 Å². The lowest BCUT2D eigenvalue weighted by atomic mass is 9.79. The normalized spacial score (nSPS) is 19.8. The van der Waals surface area contributed by atoms with Crippen LogP contribution in [0.25, 0.3) is 5.57 Å². The number of nitrogens with one attached hydrogen (secondary N) is 1. The molecule has 7 heteroatoms. The van der Waals surface area contributed by atoms with Crippen molar-refractivity contribution in [2.75, 3.05) is 26.7 Å². The number of piperidine rings is 1. The van der Waals surface area contributed by atoms with E-state index in [1.165, 1.54) is 43.4 Å². The summed E-state index contributed by atoms with van der Waals surface area (Å²) in [6.07, 6.45) is 9.29. The fourth-order valence-corrected chi connectivity index (χ4v) is 7.16. The number of rotatable bonds is 10. The van der Waals surface area contributed by atoms with E-state index in [1.807, 2.05) is 30.3 Å². The van der Waals surface area contributed by atoms with Crippen molar-refractivity contribution in [3.8, 4) is 11.8 Å². The maximum absolute atomic E-state index is 12.9. The van der Waals surface area contributed by atoms with Crippen molar-refractivity contribution in [2.24, 2.45) is 11.8 Å². The van der Waals surface area contributed by atoms with Crippen molar-refractivity contribution in [1.82, 2.24) is 15.1 Å². The van der Waals surface area contributed by atoms with Crippen molar-refractivity contribution in [3.63, 3.8) is 0 Å². The summed E-state index contributed by atoms with van der Waals surface area (Å²) in [6, 6.07) is 13.4. The molecule has 44 heavy (non-hydrogen) atoms. The fourth-order valence-electron chi connectivity index (χ4n) is 7.04. The largest absolute Gasteiger partial charge is 0.359 e. The molecule has 0 spiro atoms. The first-order valence-electron chi connectivity index (χ1n) is 16.2. The molecule has 5 rings (SSSR count). The van der Waals surface area contributed by atoms with Gasteiger partial charge in [0.1, 0.15) is 6.29 Å². The van der Waals surface area contributed by atoms with E-state index in [0.29, 0.717) is 24.4 Å². The molecule has 0 aromatic heterocycles. The van der Waals surface area contributed by atoms with E-state index < -0.39 is 6.04 Å². The molecule has 2 aromatic carbocycles. The number of fused-ring (bicyclic) bond motifs is 1. The summed E-state index contributed by atoms with van der Waals surface area (Å²) in [6.45, 7) is 6.15. The Kier molecular flexibility index (Phi) is 11.0. The van der Waals surface area contributed by atoms with Crippen LogP contribution in [0.15, 0.2) is 48.0 Å². The molecule has 2 atom stereocenters. The average Bonchev–Trinajstić information content (AvgIpc) is 3.37. The second kappa shape index (κ2) is 15.1. The minimum Gasteiger partial charge on any atom is -0.359 e. The molecular formula is C37H44ClN3O3. The molecule has 232 valence electrons. The van der Waals surface area contributed by atoms with E-state index in [2.05, 4.69) is 41.1 Å². The van der Waals surface area contributed by atoms with Gasteiger partial charge in [0.25, 0.3) is 5.91 Å². The van der Waals surface area contributed by atoms with Crippen molar-refractivity contribution in [3.05, 3.63) is 75.3 Å². The highest BCUT2D eigenvalue weighted by molar-refractivity contribution is 6.30. The van der Waals surface area contributed by atoms with E-state index in [9.17, 15) is 14.4 Å². The van der Waals surface area contributed by atoms with Gasteiger partial charge in [-0.2, -0.15) is 0 Å². The van der Waals surface area contributed by atoms with Gasteiger partial charge in [0.2, 0.25) is 5.91 Å². The summed E-state index contributed by atoms with van der Waals surface area (Å²) in [5.74, 6) is 7.79. The molecule has 1 saturated heterocycles. The summed E-state index contributed by atoms with van der Waals surface area (Å²) in [5, 5.41) is 3.36. The smallest absolute Gasteiger partial charge is 0.255 e. The lowest BCUT2D eigenvalue weighted by Crippen LogP contribution is -2.37. The number of hydrogen-bond acceptors (Lipinski definition) is 4. The van der Waals surface area contributed by atoms with Gasteiger partial charge in [0, 0.05) is 49.1 Å². The topological polar surface area (TPSA) is 69.7 Å². The lowest BCUT2D eigenvalue weighted by molar-refractivity contribution is -0.121. The van der Waals surface area contributed by atoms with Crippen LogP contribution in [0.4, 0.5) is 0 Å². The van der Waals surface area contributed by atoms with E-state index >= 15 is 0 Å². The second-order valence-corrected chi connectivity index (χ2v) is 13.0. The van der Waals surface area contributed by atoms with Crippen molar-refractivity contribution < 1.29 is 14.4 Å². The zero-order valence-corrected chi connectivity index (χ0v) is 26.8. The predicted molar refractivity (Wildman–Crippen MR) is 176 cm³/mol. The Labute approximate surface area is 267 Å². The first kappa shape index (κ1) is 32.0. The number of carbonyl (C=O) groups is 3. The SMILES string of the molecule is CCC1=C(c2ccc(Cl)cc2)CCC(CN2CCC(CC#Cc3ccc4c(c3)CN(C(C=O)CCC(=O)NC)C4=O)CC2)C1. The van der Waals surface area contributed by atoms with Gasteiger partial charge in [-0.15, -0.1) is 0 Å². The molecule has 2 unspecified atom stereocenters. The fraction of sp³-hybridized carbons (Fsp3) is 0.486. The summed E-state index contributed by atoms with van der Waals surface area (Å²) >= 11 is 6.12. The molecule has 1 fully saturated rings. The van der Waals surface area contributed by atoms with Gasteiger partial charge in [-0.25, -0.2) is 0 Å². The lowest BCUT2D eigenvalue weighted by Gasteiger charge is -2.36. The van der Waals surface area contributed by atoms with Crippen LogP contribution in [0.5, 0.6) is 0 Å². The van der Waals surface area contributed by atoms with Crippen LogP contribution in [0.3, 0.4) is 0 Å². The monoisotopic (exact) mass is 613 g/mol. The summed E-state index contributed by atoms with van der Waals surface area (Å²) < 4.78 is 0. The summed E-state index contributed by atoms with van der Waals surface area (Å²) in [5.41, 5.74) is 6.90. The molecule has 2 amide bonds. The maximum atomic E-state index is 12.9. The van der Waals surface area contributed by atoms with Crippen molar-refractivity contribution >= 4 is 35.3 Å². The maximum Gasteiger partial charge on any atom is 0.255 e. The standard InChI is InChI=1S/C37H44ClN3O3/c1-3-29-22-28(8-14-34(29)30-9-11-32(38)12-10-30)23-40-19-17-26(18-20-40)5-4-6-27-7-15-35-31(21-27)24-41(37(35)44)33(25-42)13-16-36(43)39-2/h7,9-12,15,21,25-26,28,33H,3,5,8,13-14,16-20,22-24H2,1-2H3,(H,39,43). The summed E-state index contributed by atoms with van der Waals surface area (Å²) in [4.78, 5) is 40.5. The Morgan fingerprint density at radius 1 is 1.11 bits per heavy atom. The number of benzene rings is 2. The van der Waals surface area contributed by atoms with Gasteiger partial charge in [0.15, 0.2) is 0 Å².